The highest BCUT2D eigenvalue weighted by molar-refractivity contribution is 9.10. The SMILES string of the molecule is Cc1cc(-n2c(-c3ccncc3)n[nH]c2=S)cc(C)c1Br. The zero-order valence-corrected chi connectivity index (χ0v) is 14.0. The van der Waals surface area contributed by atoms with Crippen molar-refractivity contribution in [2.45, 2.75) is 13.8 Å². The highest BCUT2D eigenvalue weighted by Gasteiger charge is 2.12. The first-order valence-corrected chi connectivity index (χ1v) is 7.63. The molecular formula is C15H13BrN4S. The Bertz CT molecular complexity index is 829. The molecule has 2 heterocycles. The highest BCUT2D eigenvalue weighted by atomic mass is 79.9. The van der Waals surface area contributed by atoms with E-state index < -0.39 is 0 Å². The summed E-state index contributed by atoms with van der Waals surface area (Å²) < 4.78 is 3.63. The summed E-state index contributed by atoms with van der Waals surface area (Å²) in [4.78, 5) is 4.04. The molecule has 0 amide bonds. The van der Waals surface area contributed by atoms with E-state index in [4.69, 9.17) is 12.2 Å². The minimum atomic E-state index is 0.572. The molecule has 0 unspecified atom stereocenters. The zero-order valence-electron chi connectivity index (χ0n) is 11.6. The fraction of sp³-hybridized carbons (Fsp3) is 0.133. The Morgan fingerprint density at radius 3 is 2.38 bits per heavy atom. The summed E-state index contributed by atoms with van der Waals surface area (Å²) in [6.07, 6.45) is 3.49. The Morgan fingerprint density at radius 2 is 1.76 bits per heavy atom. The topological polar surface area (TPSA) is 46.5 Å². The lowest BCUT2D eigenvalue weighted by Crippen LogP contribution is -1.99. The molecule has 0 saturated carbocycles. The van der Waals surface area contributed by atoms with Crippen molar-refractivity contribution >= 4 is 28.1 Å². The van der Waals surface area contributed by atoms with Crippen molar-refractivity contribution in [3.05, 3.63) is 57.0 Å². The number of hydrogen-bond acceptors (Lipinski definition) is 3. The lowest BCUT2D eigenvalue weighted by Gasteiger charge is -2.11. The first-order valence-electron chi connectivity index (χ1n) is 6.43. The van der Waals surface area contributed by atoms with Crippen LogP contribution in [-0.4, -0.2) is 19.7 Å². The number of nitrogens with one attached hydrogen (secondary N) is 1. The summed E-state index contributed by atoms with van der Waals surface area (Å²) in [6.45, 7) is 4.13. The summed E-state index contributed by atoms with van der Waals surface area (Å²) in [5, 5.41) is 7.22. The summed E-state index contributed by atoms with van der Waals surface area (Å²) in [7, 11) is 0. The van der Waals surface area contributed by atoms with Crippen molar-refractivity contribution in [1.82, 2.24) is 19.7 Å². The standard InChI is InChI=1S/C15H13BrN4S/c1-9-7-12(8-10(2)13(9)16)20-14(18-19-15(20)21)11-3-5-17-6-4-11/h3-8H,1-2H3,(H,19,21). The molecule has 1 N–H and O–H groups in total. The predicted molar refractivity (Wildman–Crippen MR) is 89.2 cm³/mol. The van der Waals surface area contributed by atoms with Crippen LogP contribution in [0.1, 0.15) is 11.1 Å². The molecule has 106 valence electrons. The molecule has 0 radical (unpaired) electrons. The molecule has 0 fully saturated rings. The molecule has 0 aliphatic heterocycles. The van der Waals surface area contributed by atoms with Crippen molar-refractivity contribution < 1.29 is 0 Å². The van der Waals surface area contributed by atoms with Crippen molar-refractivity contribution in [3.8, 4) is 17.1 Å². The third-order valence-electron chi connectivity index (χ3n) is 3.29. The number of H-pyrrole nitrogens is 1. The van der Waals surface area contributed by atoms with E-state index in [0.717, 1.165) is 32.7 Å². The van der Waals surface area contributed by atoms with Gasteiger partial charge in [0.15, 0.2) is 10.6 Å². The van der Waals surface area contributed by atoms with E-state index in [1.54, 1.807) is 12.4 Å². The monoisotopic (exact) mass is 360 g/mol. The number of aromatic amines is 1. The zero-order chi connectivity index (χ0) is 15.0. The van der Waals surface area contributed by atoms with Gasteiger partial charge in [-0.2, -0.15) is 5.10 Å². The molecule has 0 aliphatic rings. The number of aryl methyl sites for hydroxylation is 2. The van der Waals surface area contributed by atoms with Crippen molar-refractivity contribution in [1.29, 1.82) is 0 Å². The molecule has 0 saturated heterocycles. The van der Waals surface area contributed by atoms with Gasteiger partial charge in [0.2, 0.25) is 0 Å². The van der Waals surface area contributed by atoms with Gasteiger partial charge in [0.25, 0.3) is 0 Å². The van der Waals surface area contributed by atoms with Crippen LogP contribution >= 0.6 is 28.1 Å². The van der Waals surface area contributed by atoms with E-state index in [0.29, 0.717) is 4.77 Å². The van der Waals surface area contributed by atoms with E-state index in [9.17, 15) is 0 Å². The van der Waals surface area contributed by atoms with Gasteiger partial charge in [0, 0.05) is 22.4 Å². The molecular weight excluding hydrogens is 348 g/mol. The van der Waals surface area contributed by atoms with Crippen LogP contribution in [-0.2, 0) is 0 Å². The summed E-state index contributed by atoms with van der Waals surface area (Å²) >= 11 is 8.98. The third-order valence-corrected chi connectivity index (χ3v) is 4.81. The molecule has 6 heteroatoms. The molecule has 3 rings (SSSR count). The van der Waals surface area contributed by atoms with Gasteiger partial charge < -0.3 is 0 Å². The molecule has 3 aromatic rings. The second-order valence-electron chi connectivity index (χ2n) is 4.82. The minimum Gasteiger partial charge on any atom is -0.268 e. The number of aromatic nitrogens is 4. The summed E-state index contributed by atoms with van der Waals surface area (Å²) in [5.41, 5.74) is 4.29. The normalized spacial score (nSPS) is 10.8. The van der Waals surface area contributed by atoms with Crippen LogP contribution in [0.3, 0.4) is 0 Å². The Labute approximate surface area is 136 Å². The van der Waals surface area contributed by atoms with Crippen LogP contribution in [0.5, 0.6) is 0 Å². The van der Waals surface area contributed by atoms with E-state index in [1.807, 2.05) is 16.7 Å². The quantitative estimate of drug-likeness (QED) is 0.690. The van der Waals surface area contributed by atoms with Gasteiger partial charge in [-0.3, -0.25) is 14.6 Å². The van der Waals surface area contributed by atoms with Crippen LogP contribution in [0.15, 0.2) is 41.1 Å². The average Bonchev–Trinajstić information content (AvgIpc) is 2.87. The summed E-state index contributed by atoms with van der Waals surface area (Å²) in [5.74, 6) is 0.781. The second-order valence-corrected chi connectivity index (χ2v) is 6.00. The molecule has 4 nitrogen and oxygen atoms in total. The van der Waals surface area contributed by atoms with Gasteiger partial charge in [-0.05, 0) is 61.5 Å². The molecule has 2 aromatic heterocycles. The number of rotatable bonds is 2. The first kappa shape index (κ1) is 14.2. The highest BCUT2D eigenvalue weighted by Crippen LogP contribution is 2.27. The Morgan fingerprint density at radius 1 is 1.14 bits per heavy atom. The molecule has 0 atom stereocenters. The van der Waals surface area contributed by atoms with Crippen LogP contribution < -0.4 is 0 Å². The van der Waals surface area contributed by atoms with E-state index in [2.05, 4.69) is 57.1 Å². The average molecular weight is 361 g/mol. The van der Waals surface area contributed by atoms with E-state index >= 15 is 0 Å². The van der Waals surface area contributed by atoms with Gasteiger partial charge in [0.1, 0.15) is 0 Å². The summed E-state index contributed by atoms with van der Waals surface area (Å²) in [6, 6.07) is 8.01. The number of pyridine rings is 1. The van der Waals surface area contributed by atoms with Crippen LogP contribution in [0.4, 0.5) is 0 Å². The van der Waals surface area contributed by atoms with Gasteiger partial charge in [-0.1, -0.05) is 15.9 Å². The van der Waals surface area contributed by atoms with Gasteiger partial charge >= 0.3 is 0 Å². The largest absolute Gasteiger partial charge is 0.268 e. The molecule has 1 aromatic carbocycles. The number of benzene rings is 1. The first-order chi connectivity index (χ1) is 10.1. The van der Waals surface area contributed by atoms with Crippen molar-refractivity contribution in [3.63, 3.8) is 0 Å². The van der Waals surface area contributed by atoms with Gasteiger partial charge in [-0.15, -0.1) is 0 Å². The van der Waals surface area contributed by atoms with Crippen LogP contribution in [0.25, 0.3) is 17.1 Å². The van der Waals surface area contributed by atoms with E-state index in [-0.39, 0.29) is 0 Å². The molecule has 0 bridgehead atoms. The smallest absolute Gasteiger partial charge is 0.200 e. The van der Waals surface area contributed by atoms with Gasteiger partial charge in [-0.25, -0.2) is 0 Å². The lowest BCUT2D eigenvalue weighted by atomic mass is 10.1. The second kappa shape index (κ2) is 5.54. The Kier molecular flexibility index (Phi) is 3.73. The molecule has 21 heavy (non-hydrogen) atoms. The Balaban J connectivity index is 2.25. The van der Waals surface area contributed by atoms with Gasteiger partial charge in [0.05, 0.1) is 5.69 Å². The molecule has 0 aliphatic carbocycles. The maximum Gasteiger partial charge on any atom is 0.200 e. The lowest BCUT2D eigenvalue weighted by molar-refractivity contribution is 1.03. The van der Waals surface area contributed by atoms with E-state index in [1.165, 1.54) is 0 Å². The minimum absolute atomic E-state index is 0.572. The van der Waals surface area contributed by atoms with Crippen molar-refractivity contribution in [2.24, 2.45) is 0 Å². The van der Waals surface area contributed by atoms with Crippen LogP contribution in [0.2, 0.25) is 0 Å². The maximum atomic E-state index is 5.39. The molecule has 0 spiro atoms. The Hall–Kier alpha value is -1.79. The number of halogens is 1. The van der Waals surface area contributed by atoms with Crippen LogP contribution in [0, 0.1) is 18.6 Å². The maximum absolute atomic E-state index is 5.39. The third kappa shape index (κ3) is 2.56. The fourth-order valence-electron chi connectivity index (χ4n) is 2.28. The predicted octanol–water partition coefficient (Wildman–Crippen LogP) is 4.37. The fourth-order valence-corrected chi connectivity index (χ4v) is 2.75. The number of nitrogens with zero attached hydrogens (tertiary/aromatic N) is 3. The van der Waals surface area contributed by atoms with Crippen molar-refractivity contribution in [2.75, 3.05) is 0 Å². The number of hydrogen-bond donors (Lipinski definition) is 1.